The fourth-order valence-electron chi connectivity index (χ4n) is 2.43. The molecule has 0 unspecified atom stereocenters. The molecular weight excluding hydrogens is 362 g/mol. The van der Waals surface area contributed by atoms with Crippen LogP contribution in [0.25, 0.3) is 10.2 Å². The lowest BCUT2D eigenvalue weighted by Gasteiger charge is -2.11. The first-order valence-electron chi connectivity index (χ1n) is 7.42. The first-order valence-corrected chi connectivity index (χ1v) is 9.03. The Labute approximate surface area is 154 Å². The van der Waals surface area contributed by atoms with E-state index in [4.69, 9.17) is 23.8 Å². The van der Waals surface area contributed by atoms with Gasteiger partial charge >= 0.3 is 4.87 Å². The molecule has 3 rings (SSSR count). The Kier molecular flexibility index (Phi) is 4.89. The van der Waals surface area contributed by atoms with E-state index in [9.17, 15) is 4.79 Å². The van der Waals surface area contributed by atoms with Crippen molar-refractivity contribution >= 4 is 61.9 Å². The number of rotatable bonds is 3. The highest BCUT2D eigenvalue weighted by molar-refractivity contribution is 7.80. The van der Waals surface area contributed by atoms with Gasteiger partial charge in [0, 0.05) is 22.4 Å². The second kappa shape index (κ2) is 6.93. The van der Waals surface area contributed by atoms with E-state index in [0.717, 1.165) is 21.6 Å². The molecule has 0 aliphatic carbocycles. The molecular formula is C17H16ClN3OS2. The third kappa shape index (κ3) is 3.61. The van der Waals surface area contributed by atoms with Gasteiger partial charge in [-0.05, 0) is 68.5 Å². The molecule has 0 saturated carbocycles. The van der Waals surface area contributed by atoms with Crippen LogP contribution in [-0.2, 0) is 0 Å². The number of nitrogens with zero attached hydrogens (tertiary/aromatic N) is 1. The summed E-state index contributed by atoms with van der Waals surface area (Å²) in [6, 6.07) is 13.2. The zero-order chi connectivity index (χ0) is 17.3. The fourth-order valence-corrected chi connectivity index (χ4v) is 3.84. The largest absolute Gasteiger partial charge is 0.332 e. The number of hydrogen-bond donors (Lipinski definition) is 2. The molecule has 1 heterocycles. The van der Waals surface area contributed by atoms with Crippen LogP contribution < -0.4 is 15.5 Å². The van der Waals surface area contributed by atoms with Gasteiger partial charge in [-0.2, -0.15) is 0 Å². The Hall–Kier alpha value is -1.89. The average Bonchev–Trinajstić information content (AvgIpc) is 2.84. The molecule has 7 heteroatoms. The third-order valence-corrected chi connectivity index (χ3v) is 4.86. The van der Waals surface area contributed by atoms with E-state index in [1.807, 2.05) is 44.2 Å². The van der Waals surface area contributed by atoms with Crippen LogP contribution in [0.5, 0.6) is 0 Å². The van der Waals surface area contributed by atoms with Crippen LogP contribution in [-0.4, -0.2) is 9.68 Å². The van der Waals surface area contributed by atoms with Gasteiger partial charge < -0.3 is 10.6 Å². The summed E-state index contributed by atoms with van der Waals surface area (Å²) in [6.07, 6.45) is 0. The summed E-state index contributed by atoms with van der Waals surface area (Å²) in [4.78, 5) is 12.1. The predicted molar refractivity (Wildman–Crippen MR) is 108 cm³/mol. The summed E-state index contributed by atoms with van der Waals surface area (Å²) in [7, 11) is 0. The number of thiocarbonyl (C=S) groups is 1. The average molecular weight is 378 g/mol. The van der Waals surface area contributed by atoms with Crippen LogP contribution in [0.15, 0.2) is 47.3 Å². The van der Waals surface area contributed by atoms with E-state index in [1.165, 1.54) is 11.3 Å². The van der Waals surface area contributed by atoms with Crippen LogP contribution in [0.3, 0.4) is 0 Å². The molecule has 0 aliphatic rings. The summed E-state index contributed by atoms with van der Waals surface area (Å²) >= 11 is 12.4. The topological polar surface area (TPSA) is 46.1 Å². The Bertz CT molecular complexity index is 945. The highest BCUT2D eigenvalue weighted by Crippen LogP contribution is 2.24. The Morgan fingerprint density at radius 3 is 2.42 bits per heavy atom. The van der Waals surface area contributed by atoms with E-state index in [2.05, 4.69) is 10.6 Å². The van der Waals surface area contributed by atoms with Gasteiger partial charge in [-0.25, -0.2) is 0 Å². The smallest absolute Gasteiger partial charge is 0.308 e. The summed E-state index contributed by atoms with van der Waals surface area (Å²) in [6.45, 7) is 4.01. The maximum Gasteiger partial charge on any atom is 0.308 e. The number of hydrogen-bond acceptors (Lipinski definition) is 3. The van der Waals surface area contributed by atoms with Crippen molar-refractivity contribution in [3.05, 3.63) is 57.2 Å². The summed E-state index contributed by atoms with van der Waals surface area (Å²) in [5, 5.41) is 7.39. The Morgan fingerprint density at radius 1 is 1.12 bits per heavy atom. The molecule has 3 aromatic rings. The molecule has 0 atom stereocenters. The van der Waals surface area contributed by atoms with E-state index in [1.54, 1.807) is 16.7 Å². The maximum atomic E-state index is 12.1. The molecule has 24 heavy (non-hydrogen) atoms. The molecule has 0 radical (unpaired) electrons. The standard InChI is InChI=1S/C17H16ClN3OS2/c1-10(2)21-14-8-7-13(9-15(14)24-17(21)22)20-16(23)19-12-5-3-11(18)4-6-12/h3-10H,1-2H3,(H2,19,20,23). The zero-order valence-electron chi connectivity index (χ0n) is 13.2. The number of aromatic nitrogens is 1. The lowest BCUT2D eigenvalue weighted by molar-refractivity contribution is 0.611. The summed E-state index contributed by atoms with van der Waals surface area (Å²) in [5.41, 5.74) is 2.64. The molecule has 2 aromatic carbocycles. The van der Waals surface area contributed by atoms with E-state index in [-0.39, 0.29) is 10.9 Å². The number of halogens is 1. The fraction of sp³-hybridized carbons (Fsp3) is 0.176. The number of benzene rings is 2. The van der Waals surface area contributed by atoms with Crippen molar-refractivity contribution in [3.63, 3.8) is 0 Å². The van der Waals surface area contributed by atoms with Crippen molar-refractivity contribution < 1.29 is 0 Å². The molecule has 0 amide bonds. The van der Waals surface area contributed by atoms with Crippen molar-refractivity contribution in [1.29, 1.82) is 0 Å². The normalized spacial score (nSPS) is 11.0. The van der Waals surface area contributed by atoms with E-state index in [0.29, 0.717) is 10.1 Å². The van der Waals surface area contributed by atoms with Crippen molar-refractivity contribution in [2.24, 2.45) is 0 Å². The number of anilines is 2. The SMILES string of the molecule is CC(C)n1c(=O)sc2cc(NC(=S)Nc3ccc(Cl)cc3)ccc21. The second-order valence-corrected chi connectivity index (χ2v) is 7.44. The minimum Gasteiger partial charge on any atom is -0.332 e. The van der Waals surface area contributed by atoms with Crippen molar-refractivity contribution in [2.45, 2.75) is 19.9 Å². The molecule has 0 fully saturated rings. The van der Waals surface area contributed by atoms with Crippen LogP contribution in [0, 0.1) is 0 Å². The van der Waals surface area contributed by atoms with E-state index < -0.39 is 0 Å². The number of thiazole rings is 1. The van der Waals surface area contributed by atoms with Gasteiger partial charge in [-0.1, -0.05) is 22.9 Å². The van der Waals surface area contributed by atoms with Crippen LogP contribution >= 0.6 is 35.2 Å². The minimum atomic E-state index is 0.0546. The van der Waals surface area contributed by atoms with Crippen molar-refractivity contribution in [2.75, 3.05) is 10.6 Å². The molecule has 124 valence electrons. The highest BCUT2D eigenvalue weighted by Gasteiger charge is 2.11. The van der Waals surface area contributed by atoms with Gasteiger partial charge in [0.25, 0.3) is 0 Å². The van der Waals surface area contributed by atoms with Crippen molar-refractivity contribution in [3.8, 4) is 0 Å². The molecule has 2 N–H and O–H groups in total. The van der Waals surface area contributed by atoms with E-state index >= 15 is 0 Å². The quantitative estimate of drug-likeness (QED) is 0.623. The van der Waals surface area contributed by atoms with Crippen LogP contribution in [0.2, 0.25) is 5.02 Å². The lowest BCUT2D eigenvalue weighted by Crippen LogP contribution is -2.19. The Morgan fingerprint density at radius 2 is 1.75 bits per heavy atom. The predicted octanol–water partition coefficient (Wildman–Crippen LogP) is 5.11. The molecule has 0 aliphatic heterocycles. The second-order valence-electron chi connectivity index (χ2n) is 5.60. The van der Waals surface area contributed by atoms with Gasteiger partial charge in [0.1, 0.15) is 0 Å². The van der Waals surface area contributed by atoms with Crippen LogP contribution in [0.4, 0.5) is 11.4 Å². The van der Waals surface area contributed by atoms with Gasteiger partial charge in [0.05, 0.1) is 10.2 Å². The molecule has 4 nitrogen and oxygen atoms in total. The molecule has 0 saturated heterocycles. The van der Waals surface area contributed by atoms with Gasteiger partial charge in [0.2, 0.25) is 0 Å². The maximum absolute atomic E-state index is 12.1. The third-order valence-electron chi connectivity index (χ3n) is 3.49. The van der Waals surface area contributed by atoms with Gasteiger partial charge in [-0.15, -0.1) is 0 Å². The molecule has 1 aromatic heterocycles. The first-order chi connectivity index (χ1) is 11.4. The first kappa shape index (κ1) is 17.0. The van der Waals surface area contributed by atoms with Crippen molar-refractivity contribution in [1.82, 2.24) is 4.57 Å². The minimum absolute atomic E-state index is 0.0546. The lowest BCUT2D eigenvalue weighted by atomic mass is 10.2. The number of nitrogens with one attached hydrogen (secondary N) is 2. The monoisotopic (exact) mass is 377 g/mol. The summed E-state index contributed by atoms with van der Waals surface area (Å²) in [5.74, 6) is 0. The molecule has 0 spiro atoms. The molecule has 0 bridgehead atoms. The summed E-state index contributed by atoms with van der Waals surface area (Å²) < 4.78 is 2.74. The van der Waals surface area contributed by atoms with Crippen LogP contribution in [0.1, 0.15) is 19.9 Å². The Balaban J connectivity index is 1.79. The zero-order valence-corrected chi connectivity index (χ0v) is 15.6. The van der Waals surface area contributed by atoms with Gasteiger partial charge in [-0.3, -0.25) is 9.36 Å². The highest BCUT2D eigenvalue weighted by atomic mass is 35.5. The van der Waals surface area contributed by atoms with Gasteiger partial charge in [0.15, 0.2) is 5.11 Å². The number of fused-ring (bicyclic) bond motifs is 1.